The zero-order valence-electron chi connectivity index (χ0n) is 7.84. The smallest absolute Gasteiger partial charge is 0.324 e. The number of carboxylic acids is 1. The van der Waals surface area contributed by atoms with Gasteiger partial charge in [-0.2, -0.15) is 5.10 Å². The Labute approximate surface area is 85.2 Å². The molecule has 1 atom stereocenters. The molecule has 7 nitrogen and oxygen atoms in total. The maximum Gasteiger partial charge on any atom is 0.324 e. The monoisotopic (exact) mass is 213 g/mol. The molecule has 0 aliphatic rings. The van der Waals surface area contributed by atoms with Gasteiger partial charge in [-0.25, -0.2) is 0 Å². The van der Waals surface area contributed by atoms with Crippen LogP contribution in [0.4, 0.5) is 0 Å². The van der Waals surface area contributed by atoms with Crippen LogP contribution in [0.15, 0.2) is 12.3 Å². The van der Waals surface area contributed by atoms with Crippen LogP contribution in [0.25, 0.3) is 0 Å². The summed E-state index contributed by atoms with van der Waals surface area (Å²) in [5.74, 6) is -1.75. The number of nitrogens with one attached hydrogen (secondary N) is 1. The molecule has 0 saturated carbocycles. The van der Waals surface area contributed by atoms with Gasteiger partial charge in [0.2, 0.25) is 0 Å². The number of hydrogen-bond acceptors (Lipinski definition) is 5. The van der Waals surface area contributed by atoms with Gasteiger partial charge in [-0.3, -0.25) is 14.7 Å². The van der Waals surface area contributed by atoms with Crippen molar-refractivity contribution in [2.45, 2.75) is 12.5 Å². The van der Waals surface area contributed by atoms with Crippen molar-refractivity contribution >= 4 is 11.9 Å². The molecule has 1 heterocycles. The van der Waals surface area contributed by atoms with Crippen LogP contribution < -0.4 is 5.73 Å². The van der Waals surface area contributed by atoms with Gasteiger partial charge in [-0.1, -0.05) is 0 Å². The maximum atomic E-state index is 11.1. The SMILES string of the molecule is N[C@@H](COC(=O)Cc1ccn[nH]1)C(=O)O. The molecule has 0 aromatic carbocycles. The van der Waals surface area contributed by atoms with E-state index in [4.69, 9.17) is 10.8 Å². The van der Waals surface area contributed by atoms with Crippen LogP contribution >= 0.6 is 0 Å². The van der Waals surface area contributed by atoms with Crippen LogP contribution in [0, 0.1) is 0 Å². The zero-order valence-corrected chi connectivity index (χ0v) is 7.84. The fourth-order valence-corrected chi connectivity index (χ4v) is 0.844. The maximum absolute atomic E-state index is 11.1. The van der Waals surface area contributed by atoms with E-state index in [1.807, 2.05) is 0 Å². The highest BCUT2D eigenvalue weighted by molar-refractivity contribution is 5.75. The third kappa shape index (κ3) is 3.77. The molecule has 0 saturated heterocycles. The number of aliphatic carboxylic acids is 1. The van der Waals surface area contributed by atoms with E-state index in [0.717, 1.165) is 0 Å². The molecular weight excluding hydrogens is 202 g/mol. The van der Waals surface area contributed by atoms with Gasteiger partial charge >= 0.3 is 11.9 Å². The molecule has 1 aromatic rings. The van der Waals surface area contributed by atoms with Gasteiger partial charge in [0.05, 0.1) is 6.42 Å². The topological polar surface area (TPSA) is 118 Å². The standard InChI is InChI=1S/C8H11N3O4/c9-6(8(13)14)4-15-7(12)3-5-1-2-10-11-5/h1-2,6H,3-4,9H2,(H,10,11)(H,13,14)/t6-/m0/s1. The van der Waals surface area contributed by atoms with Gasteiger partial charge in [0.25, 0.3) is 0 Å². The van der Waals surface area contributed by atoms with Crippen molar-refractivity contribution in [3.8, 4) is 0 Å². The van der Waals surface area contributed by atoms with Gasteiger partial charge < -0.3 is 15.6 Å². The lowest BCUT2D eigenvalue weighted by molar-refractivity contribution is -0.147. The first-order valence-corrected chi connectivity index (χ1v) is 4.22. The second-order valence-corrected chi connectivity index (χ2v) is 2.89. The highest BCUT2D eigenvalue weighted by atomic mass is 16.5. The number of H-pyrrole nitrogens is 1. The second kappa shape index (κ2) is 5.11. The molecule has 0 aliphatic carbocycles. The molecule has 4 N–H and O–H groups in total. The fourth-order valence-electron chi connectivity index (χ4n) is 0.844. The van der Waals surface area contributed by atoms with Crippen molar-refractivity contribution in [3.05, 3.63) is 18.0 Å². The molecule has 0 amide bonds. The summed E-state index contributed by atoms with van der Waals surface area (Å²) in [7, 11) is 0. The summed E-state index contributed by atoms with van der Waals surface area (Å²) in [4.78, 5) is 21.4. The van der Waals surface area contributed by atoms with E-state index in [0.29, 0.717) is 5.69 Å². The number of nitrogens with zero attached hydrogens (tertiary/aromatic N) is 1. The number of aromatic nitrogens is 2. The Kier molecular flexibility index (Phi) is 3.81. The minimum Gasteiger partial charge on any atom is -0.480 e. The minimum atomic E-state index is -1.20. The molecule has 1 rings (SSSR count). The summed E-state index contributed by atoms with van der Waals surface area (Å²) >= 11 is 0. The Morgan fingerprint density at radius 1 is 1.67 bits per heavy atom. The van der Waals surface area contributed by atoms with Crippen LogP contribution in [0.2, 0.25) is 0 Å². The number of carbonyl (C=O) groups excluding carboxylic acids is 1. The average Bonchev–Trinajstić information content (AvgIpc) is 2.66. The zero-order chi connectivity index (χ0) is 11.3. The first-order chi connectivity index (χ1) is 7.09. The van der Waals surface area contributed by atoms with Gasteiger partial charge in [-0.05, 0) is 6.07 Å². The quantitative estimate of drug-likeness (QED) is 0.534. The molecule has 0 aliphatic heterocycles. The predicted molar refractivity (Wildman–Crippen MR) is 48.9 cm³/mol. The normalized spacial score (nSPS) is 12.1. The Morgan fingerprint density at radius 3 is 2.93 bits per heavy atom. The van der Waals surface area contributed by atoms with Crippen molar-refractivity contribution in [2.75, 3.05) is 6.61 Å². The lowest BCUT2D eigenvalue weighted by atomic mass is 10.3. The Bertz CT molecular complexity index is 336. The highest BCUT2D eigenvalue weighted by Gasteiger charge is 2.14. The van der Waals surface area contributed by atoms with E-state index in [1.54, 1.807) is 6.07 Å². The summed E-state index contributed by atoms with van der Waals surface area (Å²) < 4.78 is 4.65. The van der Waals surface area contributed by atoms with Crippen LogP contribution in [0.1, 0.15) is 5.69 Å². The van der Waals surface area contributed by atoms with E-state index in [9.17, 15) is 9.59 Å². The van der Waals surface area contributed by atoms with Crippen molar-refractivity contribution in [1.82, 2.24) is 10.2 Å². The summed E-state index contributed by atoms with van der Waals surface area (Å²) in [5, 5.41) is 14.6. The van der Waals surface area contributed by atoms with E-state index in [-0.39, 0.29) is 13.0 Å². The number of carboxylic acid groups (broad SMARTS) is 1. The van der Waals surface area contributed by atoms with Crippen molar-refractivity contribution < 1.29 is 19.4 Å². The average molecular weight is 213 g/mol. The van der Waals surface area contributed by atoms with Crippen molar-refractivity contribution in [1.29, 1.82) is 0 Å². The van der Waals surface area contributed by atoms with Gasteiger partial charge in [0.15, 0.2) is 0 Å². The largest absolute Gasteiger partial charge is 0.480 e. The number of carbonyl (C=O) groups is 2. The molecular formula is C8H11N3O4. The molecule has 1 aromatic heterocycles. The lowest BCUT2D eigenvalue weighted by Gasteiger charge is -2.06. The van der Waals surface area contributed by atoms with Crippen LogP contribution in [-0.2, 0) is 20.7 Å². The number of hydrogen-bond donors (Lipinski definition) is 3. The van der Waals surface area contributed by atoms with Crippen LogP contribution in [0.5, 0.6) is 0 Å². The van der Waals surface area contributed by atoms with E-state index >= 15 is 0 Å². The van der Waals surface area contributed by atoms with Crippen LogP contribution in [0.3, 0.4) is 0 Å². The molecule has 0 unspecified atom stereocenters. The first-order valence-electron chi connectivity index (χ1n) is 4.22. The summed E-state index contributed by atoms with van der Waals surface area (Å²) in [5.41, 5.74) is 5.74. The first kappa shape index (κ1) is 11.2. The Balaban J connectivity index is 2.28. The fraction of sp³-hybridized carbons (Fsp3) is 0.375. The summed E-state index contributed by atoms with van der Waals surface area (Å²) in [6.07, 6.45) is 1.53. The number of rotatable bonds is 5. The third-order valence-corrected chi connectivity index (χ3v) is 1.63. The molecule has 15 heavy (non-hydrogen) atoms. The summed E-state index contributed by atoms with van der Waals surface area (Å²) in [6, 6.07) is 0.439. The number of nitrogens with two attached hydrogens (primary N) is 1. The number of esters is 1. The predicted octanol–water partition coefficient (Wildman–Crippen LogP) is -1.09. The minimum absolute atomic E-state index is 0.0202. The second-order valence-electron chi connectivity index (χ2n) is 2.89. The van der Waals surface area contributed by atoms with Gasteiger partial charge in [0.1, 0.15) is 12.6 Å². The van der Waals surface area contributed by atoms with Crippen LogP contribution in [-0.4, -0.2) is 39.9 Å². The highest BCUT2D eigenvalue weighted by Crippen LogP contribution is 1.95. The lowest BCUT2D eigenvalue weighted by Crippen LogP contribution is -2.35. The molecule has 0 spiro atoms. The number of ether oxygens (including phenoxy) is 1. The molecule has 82 valence electrons. The summed E-state index contributed by atoms with van der Waals surface area (Å²) in [6.45, 7) is -0.331. The van der Waals surface area contributed by atoms with E-state index in [1.165, 1.54) is 6.20 Å². The van der Waals surface area contributed by atoms with E-state index < -0.39 is 18.0 Å². The van der Waals surface area contributed by atoms with Crippen molar-refractivity contribution in [3.63, 3.8) is 0 Å². The molecule has 0 fully saturated rings. The molecule has 0 bridgehead atoms. The Hall–Kier alpha value is -1.89. The Morgan fingerprint density at radius 2 is 2.40 bits per heavy atom. The third-order valence-electron chi connectivity index (χ3n) is 1.63. The van der Waals surface area contributed by atoms with Crippen molar-refractivity contribution in [2.24, 2.45) is 5.73 Å². The molecule has 7 heteroatoms. The van der Waals surface area contributed by atoms with E-state index in [2.05, 4.69) is 14.9 Å². The number of aromatic amines is 1. The van der Waals surface area contributed by atoms with Gasteiger partial charge in [0, 0.05) is 11.9 Å². The van der Waals surface area contributed by atoms with Gasteiger partial charge in [-0.15, -0.1) is 0 Å². The molecule has 0 radical (unpaired) electrons.